The van der Waals surface area contributed by atoms with E-state index in [0.717, 1.165) is 32.0 Å². The van der Waals surface area contributed by atoms with E-state index in [4.69, 9.17) is 9.15 Å². The van der Waals surface area contributed by atoms with E-state index < -0.39 is 0 Å². The van der Waals surface area contributed by atoms with Crippen LogP contribution in [0.3, 0.4) is 0 Å². The van der Waals surface area contributed by atoms with Gasteiger partial charge in [0.15, 0.2) is 0 Å². The lowest BCUT2D eigenvalue weighted by Gasteiger charge is -2.37. The second-order valence-corrected chi connectivity index (χ2v) is 6.22. The Morgan fingerprint density at radius 2 is 2.08 bits per heavy atom. The summed E-state index contributed by atoms with van der Waals surface area (Å²) in [5.74, 6) is 1.14. The number of carbonyl (C=O) groups excluding carboxylic acids is 1. The van der Waals surface area contributed by atoms with Crippen molar-refractivity contribution in [3.05, 3.63) is 42.6 Å². The first-order valence-electron chi connectivity index (χ1n) is 8.26. The number of rotatable bonds is 2. The Hall–Kier alpha value is -2.41. The van der Waals surface area contributed by atoms with Crippen LogP contribution < -0.4 is 4.90 Å². The molecule has 126 valence electrons. The number of likely N-dealkylation sites (tertiary alicyclic amines) is 1. The van der Waals surface area contributed by atoms with Crippen molar-refractivity contribution in [1.29, 1.82) is 0 Å². The summed E-state index contributed by atoms with van der Waals surface area (Å²) in [5.41, 5.74) is 0.599. The molecule has 7 heteroatoms. The van der Waals surface area contributed by atoms with Crippen LogP contribution in [0.25, 0.3) is 0 Å². The van der Waals surface area contributed by atoms with Gasteiger partial charge in [-0.05, 0) is 18.6 Å². The highest BCUT2D eigenvalue weighted by Gasteiger charge is 2.35. The summed E-state index contributed by atoms with van der Waals surface area (Å²) in [5, 5.41) is 0. The van der Waals surface area contributed by atoms with E-state index in [0.29, 0.717) is 24.6 Å². The van der Waals surface area contributed by atoms with Gasteiger partial charge in [0.25, 0.3) is 5.91 Å². The SMILES string of the molecule is O=C(c1ccoc1)N1CC[C@@H]2CN(c3ncccn3)CCO[C@@H]2C1. The number of carbonyl (C=O) groups is 1. The van der Waals surface area contributed by atoms with Gasteiger partial charge in [0.1, 0.15) is 6.26 Å². The Morgan fingerprint density at radius 3 is 2.88 bits per heavy atom. The van der Waals surface area contributed by atoms with Crippen molar-refractivity contribution in [2.45, 2.75) is 12.5 Å². The van der Waals surface area contributed by atoms with Crippen LogP contribution in [0.2, 0.25) is 0 Å². The van der Waals surface area contributed by atoms with Crippen LogP contribution in [-0.2, 0) is 4.74 Å². The van der Waals surface area contributed by atoms with Gasteiger partial charge >= 0.3 is 0 Å². The molecule has 24 heavy (non-hydrogen) atoms. The Labute approximate surface area is 140 Å². The van der Waals surface area contributed by atoms with Crippen molar-refractivity contribution in [1.82, 2.24) is 14.9 Å². The van der Waals surface area contributed by atoms with Crippen LogP contribution >= 0.6 is 0 Å². The number of amides is 1. The van der Waals surface area contributed by atoms with Crippen molar-refractivity contribution in [3.8, 4) is 0 Å². The molecule has 0 radical (unpaired) electrons. The molecule has 4 rings (SSSR count). The first kappa shape index (κ1) is 15.1. The predicted octanol–water partition coefficient (Wildman–Crippen LogP) is 1.44. The Balaban J connectivity index is 1.44. The molecule has 0 aliphatic carbocycles. The monoisotopic (exact) mass is 328 g/mol. The molecule has 0 aromatic carbocycles. The van der Waals surface area contributed by atoms with Gasteiger partial charge in [-0.25, -0.2) is 9.97 Å². The molecule has 2 aliphatic heterocycles. The summed E-state index contributed by atoms with van der Waals surface area (Å²) < 4.78 is 11.1. The zero-order valence-electron chi connectivity index (χ0n) is 13.4. The first-order valence-corrected chi connectivity index (χ1v) is 8.26. The lowest BCUT2D eigenvalue weighted by atomic mass is 9.93. The fourth-order valence-electron chi connectivity index (χ4n) is 3.44. The normalized spacial score (nSPS) is 24.3. The quantitative estimate of drug-likeness (QED) is 0.831. The van der Waals surface area contributed by atoms with Gasteiger partial charge in [0.05, 0.1) is 24.5 Å². The van der Waals surface area contributed by atoms with E-state index in [2.05, 4.69) is 14.9 Å². The van der Waals surface area contributed by atoms with E-state index in [9.17, 15) is 4.79 Å². The molecule has 0 N–H and O–H groups in total. The molecule has 0 saturated carbocycles. The van der Waals surface area contributed by atoms with E-state index in [1.165, 1.54) is 12.5 Å². The molecule has 1 amide bonds. The average molecular weight is 328 g/mol. The van der Waals surface area contributed by atoms with E-state index in [1.807, 2.05) is 11.0 Å². The predicted molar refractivity (Wildman–Crippen MR) is 86.7 cm³/mol. The van der Waals surface area contributed by atoms with Crippen molar-refractivity contribution in [2.24, 2.45) is 5.92 Å². The van der Waals surface area contributed by atoms with Gasteiger partial charge < -0.3 is 19.0 Å². The fourth-order valence-corrected chi connectivity index (χ4v) is 3.44. The van der Waals surface area contributed by atoms with Gasteiger partial charge in [-0.2, -0.15) is 0 Å². The van der Waals surface area contributed by atoms with Crippen molar-refractivity contribution >= 4 is 11.9 Å². The number of hydrogen-bond acceptors (Lipinski definition) is 6. The molecule has 0 spiro atoms. The molecule has 2 aromatic rings. The number of nitrogens with zero attached hydrogens (tertiary/aromatic N) is 4. The zero-order chi connectivity index (χ0) is 16.4. The second kappa shape index (κ2) is 6.60. The molecule has 7 nitrogen and oxygen atoms in total. The minimum Gasteiger partial charge on any atom is -0.472 e. The highest BCUT2D eigenvalue weighted by molar-refractivity contribution is 5.93. The molecule has 2 fully saturated rings. The van der Waals surface area contributed by atoms with Crippen molar-refractivity contribution < 1.29 is 13.9 Å². The number of hydrogen-bond donors (Lipinski definition) is 0. The molecular formula is C17H20N4O3. The third-order valence-corrected chi connectivity index (χ3v) is 4.73. The number of aromatic nitrogens is 2. The zero-order valence-corrected chi connectivity index (χ0v) is 13.4. The molecule has 2 atom stereocenters. The largest absolute Gasteiger partial charge is 0.472 e. The third kappa shape index (κ3) is 2.99. The smallest absolute Gasteiger partial charge is 0.257 e. The molecule has 2 aliphatic rings. The lowest BCUT2D eigenvalue weighted by molar-refractivity contribution is -0.0169. The van der Waals surface area contributed by atoms with Crippen LogP contribution in [-0.4, -0.2) is 59.7 Å². The average Bonchev–Trinajstić information content (AvgIpc) is 3.08. The van der Waals surface area contributed by atoms with Crippen LogP contribution in [0.1, 0.15) is 16.8 Å². The molecule has 2 aromatic heterocycles. The van der Waals surface area contributed by atoms with Gasteiger partial charge in [-0.1, -0.05) is 0 Å². The summed E-state index contributed by atoms with van der Waals surface area (Å²) in [7, 11) is 0. The van der Waals surface area contributed by atoms with E-state index >= 15 is 0 Å². The fraction of sp³-hybridized carbons (Fsp3) is 0.471. The molecule has 0 bridgehead atoms. The number of furan rings is 1. The maximum Gasteiger partial charge on any atom is 0.257 e. The summed E-state index contributed by atoms with van der Waals surface area (Å²) in [6.07, 6.45) is 7.52. The number of ether oxygens (including phenoxy) is 1. The molecule has 0 unspecified atom stereocenters. The second-order valence-electron chi connectivity index (χ2n) is 6.22. The van der Waals surface area contributed by atoms with Gasteiger partial charge in [-0.3, -0.25) is 4.79 Å². The summed E-state index contributed by atoms with van der Waals surface area (Å²) >= 11 is 0. The molecular weight excluding hydrogens is 308 g/mol. The third-order valence-electron chi connectivity index (χ3n) is 4.73. The number of fused-ring (bicyclic) bond motifs is 1. The summed E-state index contributed by atoms with van der Waals surface area (Å²) in [4.78, 5) is 25.2. The lowest BCUT2D eigenvalue weighted by Crippen LogP contribution is -2.49. The maximum atomic E-state index is 12.5. The maximum absolute atomic E-state index is 12.5. The van der Waals surface area contributed by atoms with Gasteiger partial charge in [-0.15, -0.1) is 0 Å². The highest BCUT2D eigenvalue weighted by Crippen LogP contribution is 2.26. The van der Waals surface area contributed by atoms with Crippen LogP contribution in [0, 0.1) is 5.92 Å². The number of anilines is 1. The minimum atomic E-state index is 0.0123. The Morgan fingerprint density at radius 1 is 1.21 bits per heavy atom. The van der Waals surface area contributed by atoms with Gasteiger partial charge in [0, 0.05) is 44.5 Å². The van der Waals surface area contributed by atoms with Crippen LogP contribution in [0.15, 0.2) is 41.5 Å². The van der Waals surface area contributed by atoms with Crippen LogP contribution in [0.4, 0.5) is 5.95 Å². The van der Waals surface area contributed by atoms with Crippen molar-refractivity contribution in [3.63, 3.8) is 0 Å². The highest BCUT2D eigenvalue weighted by atomic mass is 16.5. The topological polar surface area (TPSA) is 71.7 Å². The van der Waals surface area contributed by atoms with Crippen molar-refractivity contribution in [2.75, 3.05) is 37.7 Å². The first-order chi connectivity index (χ1) is 11.8. The Kier molecular flexibility index (Phi) is 4.17. The van der Waals surface area contributed by atoms with Gasteiger partial charge in [0.2, 0.25) is 5.95 Å². The summed E-state index contributed by atoms with van der Waals surface area (Å²) in [6.45, 7) is 3.61. The van der Waals surface area contributed by atoms with E-state index in [-0.39, 0.29) is 12.0 Å². The molecule has 2 saturated heterocycles. The summed E-state index contributed by atoms with van der Waals surface area (Å²) in [6, 6.07) is 3.53. The minimum absolute atomic E-state index is 0.0123. The molecule has 4 heterocycles. The standard InChI is InChI=1S/C17H20N4O3/c22-16(14-3-8-23-12-14)20-6-2-13-10-21(7-9-24-15(13)11-20)17-18-4-1-5-19-17/h1,3-5,8,12-13,15H,2,6-7,9-11H2/t13-,15-/m1/s1. The van der Waals surface area contributed by atoms with E-state index in [1.54, 1.807) is 18.5 Å². The van der Waals surface area contributed by atoms with Crippen LogP contribution in [0.5, 0.6) is 0 Å². The Bertz CT molecular complexity index is 676. The number of piperidine rings is 1.